The zero-order valence-electron chi connectivity index (χ0n) is 15.0. The van der Waals surface area contributed by atoms with Crippen LogP contribution in [0.3, 0.4) is 0 Å². The van der Waals surface area contributed by atoms with Crippen molar-refractivity contribution in [1.29, 1.82) is 0 Å². The lowest BCUT2D eigenvalue weighted by molar-refractivity contribution is 0.0939. The molecule has 1 amide bonds. The predicted molar refractivity (Wildman–Crippen MR) is 98.2 cm³/mol. The molecule has 0 bridgehead atoms. The zero-order chi connectivity index (χ0) is 18.6. The van der Waals surface area contributed by atoms with Crippen LogP contribution in [0.4, 0.5) is 0 Å². The van der Waals surface area contributed by atoms with Gasteiger partial charge in [-0.25, -0.2) is 0 Å². The first-order chi connectivity index (χ1) is 11.9. The summed E-state index contributed by atoms with van der Waals surface area (Å²) in [6.07, 6.45) is 0. The second kappa shape index (κ2) is 8.12. The van der Waals surface area contributed by atoms with E-state index in [1.54, 1.807) is 19.2 Å². The number of benzene rings is 2. The minimum absolute atomic E-state index is 0.241. The molecular weight excluding hydrogens is 342 g/mol. The Labute approximate surface area is 152 Å². The molecule has 2 rings (SSSR count). The Hall–Kier alpha value is -2.40. The molecule has 0 saturated heterocycles. The molecule has 2 aromatic rings. The molecule has 6 heteroatoms. The molecule has 2 aromatic carbocycles. The third-order valence-electron chi connectivity index (χ3n) is 3.90. The van der Waals surface area contributed by atoms with Gasteiger partial charge in [0.05, 0.1) is 32.4 Å². The van der Waals surface area contributed by atoms with Crippen LogP contribution in [0.25, 0.3) is 0 Å². The Morgan fingerprint density at radius 3 is 2.32 bits per heavy atom. The van der Waals surface area contributed by atoms with Gasteiger partial charge < -0.3 is 19.5 Å². The van der Waals surface area contributed by atoms with Gasteiger partial charge >= 0.3 is 0 Å². The molecule has 0 aromatic heterocycles. The van der Waals surface area contributed by atoms with Crippen LogP contribution in [0.1, 0.15) is 34.5 Å². The molecule has 1 atom stereocenters. The lowest BCUT2D eigenvalue weighted by atomic mass is 10.0. The van der Waals surface area contributed by atoms with Gasteiger partial charge in [0, 0.05) is 11.1 Å². The van der Waals surface area contributed by atoms with Crippen LogP contribution >= 0.6 is 11.6 Å². The average molecular weight is 364 g/mol. The van der Waals surface area contributed by atoms with Gasteiger partial charge in [-0.1, -0.05) is 29.3 Å². The van der Waals surface area contributed by atoms with Crippen LogP contribution in [-0.2, 0) is 0 Å². The quantitative estimate of drug-likeness (QED) is 0.837. The highest BCUT2D eigenvalue weighted by molar-refractivity contribution is 6.32. The third kappa shape index (κ3) is 4.17. The number of methoxy groups -OCH3 is 3. The largest absolute Gasteiger partial charge is 0.496 e. The number of hydrogen-bond acceptors (Lipinski definition) is 4. The standard InChI is InChI=1S/C19H22ClNO4/c1-11-6-7-16(23-3)14(8-11)12(2)21-19(22)13-9-15(20)18(25-5)17(10-13)24-4/h6-10,12H,1-5H3,(H,21,22)/t12-/m1/s1. The van der Waals surface area contributed by atoms with Crippen LogP contribution < -0.4 is 19.5 Å². The molecule has 0 unspecified atom stereocenters. The number of rotatable bonds is 6. The van der Waals surface area contributed by atoms with Crippen LogP contribution in [0.5, 0.6) is 17.2 Å². The van der Waals surface area contributed by atoms with E-state index in [1.165, 1.54) is 14.2 Å². The molecule has 1 N–H and O–H groups in total. The van der Waals surface area contributed by atoms with Gasteiger partial charge in [0.2, 0.25) is 0 Å². The van der Waals surface area contributed by atoms with Crippen LogP contribution in [0.15, 0.2) is 30.3 Å². The second-order valence-electron chi connectivity index (χ2n) is 5.63. The molecule has 0 saturated carbocycles. The van der Waals surface area contributed by atoms with Crippen molar-refractivity contribution >= 4 is 17.5 Å². The molecule has 0 aliphatic rings. The zero-order valence-corrected chi connectivity index (χ0v) is 15.7. The Kier molecular flexibility index (Phi) is 6.15. The Morgan fingerprint density at radius 2 is 1.72 bits per heavy atom. The molecule has 0 aliphatic carbocycles. The van der Waals surface area contributed by atoms with E-state index in [4.69, 9.17) is 25.8 Å². The molecule has 134 valence electrons. The van der Waals surface area contributed by atoms with E-state index in [1.807, 2.05) is 32.0 Å². The normalized spacial score (nSPS) is 11.6. The summed E-state index contributed by atoms with van der Waals surface area (Å²) in [5.41, 5.74) is 2.38. The lowest BCUT2D eigenvalue weighted by Gasteiger charge is -2.19. The van der Waals surface area contributed by atoms with Gasteiger partial charge in [-0.3, -0.25) is 4.79 Å². The van der Waals surface area contributed by atoms with E-state index < -0.39 is 0 Å². The summed E-state index contributed by atoms with van der Waals surface area (Å²) in [6, 6.07) is 8.75. The topological polar surface area (TPSA) is 56.8 Å². The number of carbonyl (C=O) groups excluding carboxylic acids is 1. The second-order valence-corrected chi connectivity index (χ2v) is 6.04. The highest BCUT2D eigenvalue weighted by atomic mass is 35.5. The first kappa shape index (κ1) is 18.9. The average Bonchev–Trinajstić information content (AvgIpc) is 2.60. The van der Waals surface area contributed by atoms with Gasteiger partial charge in [-0.2, -0.15) is 0 Å². The summed E-state index contributed by atoms with van der Waals surface area (Å²) in [5, 5.41) is 3.27. The summed E-state index contributed by atoms with van der Waals surface area (Å²) < 4.78 is 15.8. The molecule has 0 radical (unpaired) electrons. The van der Waals surface area contributed by atoms with Gasteiger partial charge in [0.25, 0.3) is 5.91 Å². The summed E-state index contributed by atoms with van der Waals surface area (Å²) in [7, 11) is 4.60. The maximum absolute atomic E-state index is 12.6. The molecule has 0 aliphatic heterocycles. The highest BCUT2D eigenvalue weighted by Crippen LogP contribution is 2.36. The molecule has 0 fully saturated rings. The van der Waals surface area contributed by atoms with Gasteiger partial charge in [0.15, 0.2) is 11.5 Å². The number of carbonyl (C=O) groups is 1. The van der Waals surface area contributed by atoms with Crippen molar-refractivity contribution in [2.24, 2.45) is 0 Å². The van der Waals surface area contributed by atoms with Crippen molar-refractivity contribution in [1.82, 2.24) is 5.32 Å². The predicted octanol–water partition coefficient (Wildman–Crippen LogP) is 4.17. The van der Waals surface area contributed by atoms with Gasteiger partial charge in [-0.05, 0) is 32.0 Å². The summed E-state index contributed by atoms with van der Waals surface area (Å²) in [4.78, 5) is 12.6. The molecule has 25 heavy (non-hydrogen) atoms. The Balaban J connectivity index is 2.28. The smallest absolute Gasteiger partial charge is 0.251 e. The molecule has 0 spiro atoms. The third-order valence-corrected chi connectivity index (χ3v) is 4.18. The summed E-state index contributed by atoms with van der Waals surface area (Å²) >= 11 is 6.17. The summed E-state index contributed by atoms with van der Waals surface area (Å²) in [6.45, 7) is 3.89. The van der Waals surface area contributed by atoms with Crippen LogP contribution in [0.2, 0.25) is 5.02 Å². The van der Waals surface area contributed by atoms with E-state index in [0.29, 0.717) is 22.1 Å². The first-order valence-electron chi connectivity index (χ1n) is 7.78. The SMILES string of the molecule is COc1ccc(C)cc1[C@@H](C)NC(=O)c1cc(Cl)c(OC)c(OC)c1. The van der Waals surface area contributed by atoms with Crippen molar-refractivity contribution < 1.29 is 19.0 Å². The van der Waals surface area contributed by atoms with E-state index in [2.05, 4.69) is 5.32 Å². The van der Waals surface area contributed by atoms with Gasteiger partial charge in [-0.15, -0.1) is 0 Å². The first-order valence-corrected chi connectivity index (χ1v) is 8.16. The van der Waals surface area contributed by atoms with Crippen molar-refractivity contribution in [3.8, 4) is 17.2 Å². The van der Waals surface area contributed by atoms with Crippen molar-refractivity contribution in [3.63, 3.8) is 0 Å². The fourth-order valence-corrected chi connectivity index (χ4v) is 2.89. The van der Waals surface area contributed by atoms with Crippen LogP contribution in [-0.4, -0.2) is 27.2 Å². The fraction of sp³-hybridized carbons (Fsp3) is 0.316. The highest BCUT2D eigenvalue weighted by Gasteiger charge is 2.19. The number of aryl methyl sites for hydroxylation is 1. The minimum atomic E-state index is -0.265. The maximum atomic E-state index is 12.6. The van der Waals surface area contributed by atoms with E-state index in [0.717, 1.165) is 16.9 Å². The van der Waals surface area contributed by atoms with Crippen molar-refractivity contribution in [3.05, 3.63) is 52.0 Å². The number of ether oxygens (including phenoxy) is 3. The molecular formula is C19H22ClNO4. The Morgan fingerprint density at radius 1 is 1.04 bits per heavy atom. The van der Waals surface area contributed by atoms with Crippen molar-refractivity contribution in [2.45, 2.75) is 19.9 Å². The number of nitrogens with one attached hydrogen (secondary N) is 1. The van der Waals surface area contributed by atoms with E-state index in [-0.39, 0.29) is 11.9 Å². The van der Waals surface area contributed by atoms with Crippen molar-refractivity contribution in [2.75, 3.05) is 21.3 Å². The number of amides is 1. The molecule has 0 heterocycles. The van der Waals surface area contributed by atoms with E-state index in [9.17, 15) is 4.79 Å². The van der Waals surface area contributed by atoms with Crippen LogP contribution in [0, 0.1) is 6.92 Å². The molecule has 5 nitrogen and oxygen atoms in total. The van der Waals surface area contributed by atoms with Gasteiger partial charge in [0.1, 0.15) is 5.75 Å². The fourth-order valence-electron chi connectivity index (χ4n) is 2.60. The monoisotopic (exact) mass is 363 g/mol. The number of halogens is 1. The maximum Gasteiger partial charge on any atom is 0.251 e. The van der Waals surface area contributed by atoms with E-state index >= 15 is 0 Å². The lowest BCUT2D eigenvalue weighted by Crippen LogP contribution is -2.27. The number of hydrogen-bond donors (Lipinski definition) is 1. The minimum Gasteiger partial charge on any atom is -0.496 e. The Bertz CT molecular complexity index is 776. The summed E-state index contributed by atoms with van der Waals surface area (Å²) in [5.74, 6) is 1.26.